The monoisotopic (exact) mass is 262 g/mol. The Morgan fingerprint density at radius 3 is 2.53 bits per heavy atom. The molecule has 0 spiro atoms. The van der Waals surface area contributed by atoms with Crippen LogP contribution in [0.2, 0.25) is 0 Å². The van der Waals surface area contributed by atoms with Crippen molar-refractivity contribution in [3.8, 4) is 6.07 Å². The highest BCUT2D eigenvalue weighted by Gasteiger charge is 2.27. The van der Waals surface area contributed by atoms with Crippen molar-refractivity contribution in [1.82, 2.24) is 5.32 Å². The Morgan fingerprint density at radius 1 is 1.37 bits per heavy atom. The van der Waals surface area contributed by atoms with E-state index in [0.29, 0.717) is 11.1 Å². The van der Waals surface area contributed by atoms with E-state index in [-0.39, 0.29) is 5.92 Å². The van der Waals surface area contributed by atoms with Crippen molar-refractivity contribution in [1.29, 1.82) is 5.26 Å². The standard InChI is InChI=1S/C14H18N2O3/c1-18-14(19-2)12-4-3-9(5-10(12)6-15)13(17)11-7-16-8-11/h3-5,11,13-14,16-17H,7-8H2,1-2H3. The predicted molar refractivity (Wildman–Crippen MR) is 69.2 cm³/mol. The SMILES string of the molecule is COC(OC)c1ccc(C(O)C2CNC2)cc1C#N. The third-order valence-corrected chi connectivity index (χ3v) is 3.48. The van der Waals surface area contributed by atoms with Gasteiger partial charge in [0.1, 0.15) is 0 Å². The summed E-state index contributed by atoms with van der Waals surface area (Å²) in [6.45, 7) is 1.62. The van der Waals surface area contributed by atoms with Crippen LogP contribution in [0.15, 0.2) is 18.2 Å². The van der Waals surface area contributed by atoms with E-state index in [1.54, 1.807) is 12.1 Å². The number of ether oxygens (including phenoxy) is 2. The number of aliphatic hydroxyl groups excluding tert-OH is 1. The van der Waals surface area contributed by atoms with Crippen LogP contribution in [0.25, 0.3) is 0 Å². The molecule has 1 aromatic rings. The minimum atomic E-state index is -0.564. The van der Waals surface area contributed by atoms with Crippen LogP contribution >= 0.6 is 0 Å². The van der Waals surface area contributed by atoms with Gasteiger partial charge in [0.05, 0.1) is 17.7 Å². The fraction of sp³-hybridized carbons (Fsp3) is 0.500. The topological polar surface area (TPSA) is 74.5 Å². The van der Waals surface area contributed by atoms with Gasteiger partial charge in [0.15, 0.2) is 6.29 Å². The lowest BCUT2D eigenvalue weighted by Crippen LogP contribution is -2.45. The second-order valence-electron chi connectivity index (χ2n) is 4.62. The second kappa shape index (κ2) is 6.13. The van der Waals surface area contributed by atoms with Crippen molar-refractivity contribution in [2.45, 2.75) is 12.4 Å². The molecule has 102 valence electrons. The molecule has 0 radical (unpaired) electrons. The number of hydrogen-bond donors (Lipinski definition) is 2. The molecule has 0 amide bonds. The molecule has 2 N–H and O–H groups in total. The third kappa shape index (κ3) is 2.77. The minimum Gasteiger partial charge on any atom is -0.388 e. The molecule has 0 saturated carbocycles. The highest BCUT2D eigenvalue weighted by Crippen LogP contribution is 2.29. The normalized spacial score (nSPS) is 17.0. The largest absolute Gasteiger partial charge is 0.388 e. The molecule has 0 bridgehead atoms. The maximum atomic E-state index is 10.2. The smallest absolute Gasteiger partial charge is 0.184 e. The van der Waals surface area contributed by atoms with Crippen LogP contribution in [0.5, 0.6) is 0 Å². The Labute approximate surface area is 112 Å². The van der Waals surface area contributed by atoms with Gasteiger partial charge >= 0.3 is 0 Å². The average Bonchev–Trinajstić information content (AvgIpc) is 2.38. The number of aliphatic hydroxyl groups is 1. The summed E-state index contributed by atoms with van der Waals surface area (Å²) >= 11 is 0. The summed E-state index contributed by atoms with van der Waals surface area (Å²) in [6.07, 6.45) is -1.10. The van der Waals surface area contributed by atoms with Gasteiger partial charge in [-0.05, 0) is 11.6 Å². The Morgan fingerprint density at radius 2 is 2.05 bits per heavy atom. The maximum absolute atomic E-state index is 10.2. The highest BCUT2D eigenvalue weighted by molar-refractivity contribution is 5.42. The summed E-state index contributed by atoms with van der Waals surface area (Å²) in [4.78, 5) is 0. The molecule has 1 unspecified atom stereocenters. The first-order valence-electron chi connectivity index (χ1n) is 6.19. The zero-order valence-electron chi connectivity index (χ0n) is 11.1. The van der Waals surface area contributed by atoms with E-state index in [2.05, 4.69) is 11.4 Å². The van der Waals surface area contributed by atoms with E-state index in [9.17, 15) is 10.4 Å². The first kappa shape index (κ1) is 14.0. The molecule has 5 nitrogen and oxygen atoms in total. The summed E-state index contributed by atoms with van der Waals surface area (Å²) in [7, 11) is 3.05. The van der Waals surface area contributed by atoms with Crippen molar-refractivity contribution in [2.24, 2.45) is 5.92 Å². The maximum Gasteiger partial charge on any atom is 0.184 e. The van der Waals surface area contributed by atoms with Crippen LogP contribution in [0.4, 0.5) is 0 Å². The minimum absolute atomic E-state index is 0.220. The van der Waals surface area contributed by atoms with E-state index >= 15 is 0 Å². The number of rotatable bonds is 5. The number of nitriles is 1. The molecule has 2 rings (SSSR count). The number of nitrogens with zero attached hydrogens (tertiary/aromatic N) is 1. The summed E-state index contributed by atoms with van der Waals surface area (Å²) in [5.41, 5.74) is 1.91. The van der Waals surface area contributed by atoms with Crippen LogP contribution < -0.4 is 5.32 Å². The van der Waals surface area contributed by atoms with Crippen LogP contribution in [0, 0.1) is 17.2 Å². The third-order valence-electron chi connectivity index (χ3n) is 3.48. The summed E-state index contributed by atoms with van der Waals surface area (Å²) in [6, 6.07) is 7.44. The first-order chi connectivity index (χ1) is 9.21. The molecule has 1 fully saturated rings. The number of benzene rings is 1. The molecule has 1 atom stereocenters. The average molecular weight is 262 g/mol. The first-order valence-corrected chi connectivity index (χ1v) is 6.19. The van der Waals surface area contributed by atoms with E-state index in [0.717, 1.165) is 18.7 Å². The lowest BCUT2D eigenvalue weighted by atomic mass is 9.89. The van der Waals surface area contributed by atoms with Crippen LogP contribution in [-0.2, 0) is 9.47 Å². The van der Waals surface area contributed by atoms with E-state index < -0.39 is 12.4 Å². The van der Waals surface area contributed by atoms with Gasteiger partial charge in [0.2, 0.25) is 0 Å². The number of hydrogen-bond acceptors (Lipinski definition) is 5. The van der Waals surface area contributed by atoms with Crippen molar-refractivity contribution >= 4 is 0 Å². The Balaban J connectivity index is 2.27. The zero-order valence-corrected chi connectivity index (χ0v) is 11.1. The van der Waals surface area contributed by atoms with Crippen molar-refractivity contribution in [2.75, 3.05) is 27.3 Å². The highest BCUT2D eigenvalue weighted by atomic mass is 16.7. The molecular formula is C14H18N2O3. The van der Waals surface area contributed by atoms with Gasteiger partial charge in [-0.15, -0.1) is 0 Å². The lowest BCUT2D eigenvalue weighted by Gasteiger charge is -2.32. The molecule has 19 heavy (non-hydrogen) atoms. The van der Waals surface area contributed by atoms with Gasteiger partial charge in [-0.1, -0.05) is 12.1 Å². The van der Waals surface area contributed by atoms with Crippen LogP contribution in [0.1, 0.15) is 29.1 Å². The molecule has 5 heteroatoms. The zero-order chi connectivity index (χ0) is 13.8. The van der Waals surface area contributed by atoms with Crippen molar-refractivity contribution in [3.63, 3.8) is 0 Å². The lowest BCUT2D eigenvalue weighted by molar-refractivity contribution is -0.106. The Bertz CT molecular complexity index is 476. The van der Waals surface area contributed by atoms with Gasteiger partial charge in [0.25, 0.3) is 0 Å². The number of methoxy groups -OCH3 is 2. The van der Waals surface area contributed by atoms with E-state index in [1.165, 1.54) is 14.2 Å². The molecule has 1 aliphatic rings. The van der Waals surface area contributed by atoms with Crippen LogP contribution in [0.3, 0.4) is 0 Å². The Hall–Kier alpha value is -1.45. The van der Waals surface area contributed by atoms with Gasteiger partial charge < -0.3 is 19.9 Å². The van der Waals surface area contributed by atoms with Crippen molar-refractivity contribution < 1.29 is 14.6 Å². The van der Waals surface area contributed by atoms with E-state index in [4.69, 9.17) is 9.47 Å². The molecule has 1 saturated heterocycles. The fourth-order valence-electron chi connectivity index (χ4n) is 2.22. The molecular weight excluding hydrogens is 244 g/mol. The summed E-state index contributed by atoms with van der Waals surface area (Å²) in [5, 5.41) is 22.5. The van der Waals surface area contributed by atoms with E-state index in [1.807, 2.05) is 6.07 Å². The molecule has 1 heterocycles. The Kier molecular flexibility index (Phi) is 4.51. The van der Waals surface area contributed by atoms with Crippen LogP contribution in [-0.4, -0.2) is 32.4 Å². The predicted octanol–water partition coefficient (Wildman–Crippen LogP) is 1.10. The fourth-order valence-corrected chi connectivity index (χ4v) is 2.22. The molecule has 1 aliphatic heterocycles. The van der Waals surface area contributed by atoms with Crippen molar-refractivity contribution in [3.05, 3.63) is 34.9 Å². The molecule has 0 aliphatic carbocycles. The quantitative estimate of drug-likeness (QED) is 0.777. The molecule has 0 aromatic heterocycles. The number of nitrogens with one attached hydrogen (secondary N) is 1. The second-order valence-corrected chi connectivity index (χ2v) is 4.62. The van der Waals surface area contributed by atoms with Gasteiger partial charge in [-0.25, -0.2) is 0 Å². The summed E-state index contributed by atoms with van der Waals surface area (Å²) < 4.78 is 10.3. The van der Waals surface area contributed by atoms with Gasteiger partial charge in [-0.3, -0.25) is 0 Å². The van der Waals surface area contributed by atoms with Gasteiger partial charge in [0, 0.05) is 38.8 Å². The van der Waals surface area contributed by atoms with Gasteiger partial charge in [-0.2, -0.15) is 5.26 Å². The molecule has 1 aromatic carbocycles. The summed E-state index contributed by atoms with van der Waals surface area (Å²) in [5.74, 6) is 0.220.